The van der Waals surface area contributed by atoms with Gasteiger partial charge in [0.05, 0.1) is 26.6 Å². The first-order chi connectivity index (χ1) is 15.6. The van der Waals surface area contributed by atoms with Gasteiger partial charge in [0.1, 0.15) is 6.67 Å². The number of fused-ring (bicyclic) bond motifs is 3. The highest BCUT2D eigenvalue weighted by Crippen LogP contribution is 2.32. The maximum atomic E-state index is 6.40. The van der Waals surface area contributed by atoms with Crippen molar-refractivity contribution in [2.75, 3.05) is 50.8 Å². The lowest BCUT2D eigenvalue weighted by atomic mass is 10.1. The van der Waals surface area contributed by atoms with Crippen LogP contribution in [0.1, 0.15) is 12.0 Å². The summed E-state index contributed by atoms with van der Waals surface area (Å²) in [4.78, 5) is 16.7. The van der Waals surface area contributed by atoms with Gasteiger partial charge < -0.3 is 9.80 Å². The molecule has 1 saturated heterocycles. The van der Waals surface area contributed by atoms with E-state index in [1.165, 1.54) is 5.56 Å². The van der Waals surface area contributed by atoms with Crippen LogP contribution in [-0.4, -0.2) is 60.7 Å². The Morgan fingerprint density at radius 1 is 1.00 bits per heavy atom. The fraction of sp³-hybridized carbons (Fsp3) is 0.360. The maximum Gasteiger partial charge on any atom is 0.110 e. The van der Waals surface area contributed by atoms with E-state index in [1.807, 2.05) is 18.3 Å². The summed E-state index contributed by atoms with van der Waals surface area (Å²) in [6.45, 7) is 8.92. The molecule has 0 unspecified atom stereocenters. The van der Waals surface area contributed by atoms with Crippen molar-refractivity contribution in [2.45, 2.75) is 13.3 Å². The van der Waals surface area contributed by atoms with Crippen LogP contribution in [-0.2, 0) is 0 Å². The normalized spacial score (nSPS) is 16.6. The van der Waals surface area contributed by atoms with E-state index < -0.39 is 0 Å². The molecule has 0 amide bonds. The highest BCUT2D eigenvalue weighted by atomic mass is 35.5. The van der Waals surface area contributed by atoms with E-state index in [0.29, 0.717) is 16.7 Å². The molecular weight excluding hydrogens is 441 g/mol. The molecule has 2 aliphatic heterocycles. The molecule has 0 spiro atoms. The molecule has 0 aliphatic carbocycles. The van der Waals surface area contributed by atoms with Gasteiger partial charge in [0.25, 0.3) is 0 Å². The molecule has 32 heavy (non-hydrogen) atoms. The standard InChI is InChI=1S/C25H27Cl2N5/c1-18-6-7-22-20(14-18)25-19(15-28-22)16-31(17-29-25)9-3-8-30-10-12-32(13-11-30)23-5-2-4-21(26)24(23)27/h2,4-7,14-16H,3,8-13,17H2,1H3. The number of piperazine rings is 1. The summed E-state index contributed by atoms with van der Waals surface area (Å²) in [7, 11) is 0. The SMILES string of the molecule is Cc1ccc2ncc3c(c2c1)=NCN(CCCN1CCN(c2cccc(Cl)c2Cl)CC1)C=3. The largest absolute Gasteiger partial charge is 0.368 e. The number of benzene rings is 2. The van der Waals surface area contributed by atoms with Gasteiger partial charge in [-0.05, 0) is 44.2 Å². The summed E-state index contributed by atoms with van der Waals surface area (Å²) in [6, 6.07) is 12.2. The van der Waals surface area contributed by atoms with Gasteiger partial charge >= 0.3 is 0 Å². The first kappa shape index (κ1) is 21.5. The topological polar surface area (TPSA) is 35.0 Å². The molecule has 2 aliphatic rings. The van der Waals surface area contributed by atoms with Crippen LogP contribution in [0.5, 0.6) is 0 Å². The predicted molar refractivity (Wildman–Crippen MR) is 133 cm³/mol. The van der Waals surface area contributed by atoms with E-state index in [-0.39, 0.29) is 0 Å². The van der Waals surface area contributed by atoms with Crippen molar-refractivity contribution in [3.05, 3.63) is 68.8 Å². The lowest BCUT2D eigenvalue weighted by molar-refractivity contribution is 0.244. The summed E-state index contributed by atoms with van der Waals surface area (Å²) in [6.07, 6.45) is 5.28. The minimum Gasteiger partial charge on any atom is -0.368 e. The summed E-state index contributed by atoms with van der Waals surface area (Å²) < 4.78 is 0. The number of pyridine rings is 1. The average Bonchev–Trinajstić information content (AvgIpc) is 2.81. The number of hydrogen-bond donors (Lipinski definition) is 0. The molecule has 5 rings (SSSR count). The highest BCUT2D eigenvalue weighted by Gasteiger charge is 2.19. The summed E-state index contributed by atoms with van der Waals surface area (Å²) in [5, 5.41) is 4.61. The second-order valence-electron chi connectivity index (χ2n) is 8.58. The lowest BCUT2D eigenvalue weighted by Crippen LogP contribution is -2.47. The Bertz CT molecular complexity index is 1250. The maximum absolute atomic E-state index is 6.40. The van der Waals surface area contributed by atoms with Crippen molar-refractivity contribution < 1.29 is 0 Å². The molecule has 0 bridgehead atoms. The van der Waals surface area contributed by atoms with Crippen LogP contribution in [0, 0.1) is 6.92 Å². The average molecular weight is 468 g/mol. The van der Waals surface area contributed by atoms with Crippen molar-refractivity contribution in [2.24, 2.45) is 4.99 Å². The van der Waals surface area contributed by atoms with Crippen LogP contribution in [0.4, 0.5) is 5.69 Å². The fourth-order valence-electron chi connectivity index (χ4n) is 4.56. The molecular formula is C25H27Cl2N5. The zero-order valence-electron chi connectivity index (χ0n) is 18.3. The number of aromatic nitrogens is 1. The molecule has 1 aromatic heterocycles. The summed E-state index contributed by atoms with van der Waals surface area (Å²) in [5.41, 5.74) is 3.29. The number of nitrogens with zero attached hydrogens (tertiary/aromatic N) is 5. The molecule has 166 valence electrons. The Balaban J connectivity index is 1.16. The third kappa shape index (κ3) is 4.42. The minimum atomic E-state index is 0.620. The van der Waals surface area contributed by atoms with E-state index in [4.69, 9.17) is 28.2 Å². The van der Waals surface area contributed by atoms with Crippen molar-refractivity contribution in [1.29, 1.82) is 0 Å². The van der Waals surface area contributed by atoms with E-state index in [1.54, 1.807) is 0 Å². The van der Waals surface area contributed by atoms with E-state index >= 15 is 0 Å². The van der Waals surface area contributed by atoms with Crippen molar-refractivity contribution >= 4 is 46.0 Å². The van der Waals surface area contributed by atoms with Crippen LogP contribution < -0.4 is 15.5 Å². The van der Waals surface area contributed by atoms with Gasteiger partial charge in [-0.1, -0.05) is 40.9 Å². The number of anilines is 1. The van der Waals surface area contributed by atoms with Crippen LogP contribution in [0.3, 0.4) is 0 Å². The van der Waals surface area contributed by atoms with Crippen LogP contribution in [0.2, 0.25) is 10.0 Å². The first-order valence-electron chi connectivity index (χ1n) is 11.2. The molecule has 0 atom stereocenters. The predicted octanol–water partition coefficient (Wildman–Crippen LogP) is 3.69. The smallest absolute Gasteiger partial charge is 0.110 e. The molecule has 2 aromatic carbocycles. The Labute approximate surface area is 198 Å². The summed E-state index contributed by atoms with van der Waals surface area (Å²) >= 11 is 12.6. The molecule has 3 heterocycles. The van der Waals surface area contributed by atoms with Crippen LogP contribution >= 0.6 is 23.2 Å². The Hall–Kier alpha value is -2.34. The molecule has 0 saturated carbocycles. The zero-order chi connectivity index (χ0) is 22.1. The number of hydrogen-bond acceptors (Lipinski definition) is 5. The molecule has 0 N–H and O–H groups in total. The van der Waals surface area contributed by atoms with Crippen LogP contribution in [0.25, 0.3) is 17.1 Å². The van der Waals surface area contributed by atoms with Gasteiger partial charge in [0.2, 0.25) is 0 Å². The first-order valence-corrected chi connectivity index (χ1v) is 11.9. The molecule has 3 aromatic rings. The summed E-state index contributed by atoms with van der Waals surface area (Å²) in [5.74, 6) is 0. The quantitative estimate of drug-likeness (QED) is 0.572. The number of rotatable bonds is 5. The highest BCUT2D eigenvalue weighted by molar-refractivity contribution is 6.43. The minimum absolute atomic E-state index is 0.620. The molecule has 7 heteroatoms. The van der Waals surface area contributed by atoms with Gasteiger partial charge in [0.15, 0.2) is 0 Å². The fourth-order valence-corrected chi connectivity index (χ4v) is 4.97. The van der Waals surface area contributed by atoms with E-state index in [2.05, 4.69) is 57.1 Å². The number of aryl methyl sites for hydroxylation is 1. The Morgan fingerprint density at radius 3 is 2.69 bits per heavy atom. The molecule has 5 nitrogen and oxygen atoms in total. The molecule has 0 radical (unpaired) electrons. The van der Waals surface area contributed by atoms with Gasteiger partial charge in [-0.15, -0.1) is 0 Å². The van der Waals surface area contributed by atoms with Crippen LogP contribution in [0.15, 0.2) is 47.6 Å². The van der Waals surface area contributed by atoms with Crippen molar-refractivity contribution in [3.8, 4) is 0 Å². The lowest BCUT2D eigenvalue weighted by Gasteiger charge is -2.36. The van der Waals surface area contributed by atoms with Crippen molar-refractivity contribution in [1.82, 2.24) is 14.8 Å². The monoisotopic (exact) mass is 467 g/mol. The number of halogens is 2. The second kappa shape index (κ2) is 9.26. The third-order valence-corrected chi connectivity index (χ3v) is 7.13. The Morgan fingerprint density at radius 2 is 1.84 bits per heavy atom. The van der Waals surface area contributed by atoms with Gasteiger partial charge in [-0.2, -0.15) is 0 Å². The van der Waals surface area contributed by atoms with Gasteiger partial charge in [-0.25, -0.2) is 0 Å². The van der Waals surface area contributed by atoms with Gasteiger partial charge in [0, 0.05) is 55.7 Å². The Kier molecular flexibility index (Phi) is 6.22. The van der Waals surface area contributed by atoms with E-state index in [9.17, 15) is 0 Å². The zero-order valence-corrected chi connectivity index (χ0v) is 19.8. The van der Waals surface area contributed by atoms with Gasteiger partial charge in [-0.3, -0.25) is 14.9 Å². The molecule has 1 fully saturated rings. The third-order valence-electron chi connectivity index (χ3n) is 6.32. The van der Waals surface area contributed by atoms with E-state index in [0.717, 1.165) is 72.9 Å². The second-order valence-corrected chi connectivity index (χ2v) is 9.36. The van der Waals surface area contributed by atoms with Crippen molar-refractivity contribution in [3.63, 3.8) is 0 Å².